The fourth-order valence-corrected chi connectivity index (χ4v) is 1.26. The minimum Gasteiger partial charge on any atom is -0.480 e. The summed E-state index contributed by atoms with van der Waals surface area (Å²) in [6, 6.07) is 0. The molecule has 2 nitrogen and oxygen atoms in total. The first-order valence-electron chi connectivity index (χ1n) is 2.97. The second-order valence-corrected chi connectivity index (χ2v) is 4.30. The Kier molecular flexibility index (Phi) is 1.55. The zero-order chi connectivity index (χ0) is 7.07. The van der Waals surface area contributed by atoms with Gasteiger partial charge in [-0.25, -0.2) is 0 Å². The van der Waals surface area contributed by atoms with Gasteiger partial charge >= 0.3 is 5.97 Å². The van der Waals surface area contributed by atoms with Gasteiger partial charge in [-0.15, -0.1) is 0 Å². The maximum atomic E-state index is 10.5. The molecule has 9 heavy (non-hydrogen) atoms. The van der Waals surface area contributed by atoms with Gasteiger partial charge in [0.2, 0.25) is 0 Å². The lowest BCUT2D eigenvalue weighted by Gasteiger charge is -2.14. The molecule has 1 aliphatic carbocycles. The lowest BCUT2D eigenvalue weighted by Crippen LogP contribution is -2.29. The molecule has 0 bridgehead atoms. The molecular formula is C6H9BrO2. The van der Waals surface area contributed by atoms with Crippen molar-refractivity contribution in [3.8, 4) is 0 Å². The SMILES string of the molecule is CC(Br)(C(=O)O)C1CC1. The molecule has 1 saturated carbocycles. The van der Waals surface area contributed by atoms with E-state index in [4.69, 9.17) is 5.11 Å². The van der Waals surface area contributed by atoms with Crippen molar-refractivity contribution in [1.29, 1.82) is 0 Å². The average Bonchev–Trinajstić information content (AvgIpc) is 2.42. The molecule has 3 heteroatoms. The standard InChI is InChI=1S/C6H9BrO2/c1-6(7,5(8)9)4-2-3-4/h4H,2-3H2,1H3,(H,8,9). The van der Waals surface area contributed by atoms with E-state index >= 15 is 0 Å². The Bertz CT molecular complexity index is 138. The summed E-state index contributed by atoms with van der Waals surface area (Å²) in [7, 11) is 0. The Morgan fingerprint density at radius 1 is 1.78 bits per heavy atom. The van der Waals surface area contributed by atoms with Crippen molar-refractivity contribution < 1.29 is 9.90 Å². The van der Waals surface area contributed by atoms with E-state index in [0.717, 1.165) is 12.8 Å². The summed E-state index contributed by atoms with van der Waals surface area (Å²) in [5.74, 6) is -0.389. The second kappa shape index (κ2) is 1.97. The number of hydrogen-bond donors (Lipinski definition) is 1. The third kappa shape index (κ3) is 1.26. The highest BCUT2D eigenvalue weighted by molar-refractivity contribution is 9.10. The summed E-state index contributed by atoms with van der Waals surface area (Å²) in [5.41, 5.74) is 0. The second-order valence-electron chi connectivity index (χ2n) is 2.66. The van der Waals surface area contributed by atoms with Crippen LogP contribution in [-0.4, -0.2) is 15.4 Å². The van der Waals surface area contributed by atoms with E-state index in [0.29, 0.717) is 5.92 Å². The van der Waals surface area contributed by atoms with Crippen molar-refractivity contribution in [1.82, 2.24) is 0 Å². The Labute approximate surface area is 62.4 Å². The summed E-state index contributed by atoms with van der Waals surface area (Å²) in [6.45, 7) is 1.72. The molecule has 0 amide bonds. The maximum absolute atomic E-state index is 10.5. The molecule has 1 aliphatic rings. The van der Waals surface area contributed by atoms with E-state index in [-0.39, 0.29) is 0 Å². The van der Waals surface area contributed by atoms with Gasteiger partial charge in [0.05, 0.1) is 0 Å². The van der Waals surface area contributed by atoms with Gasteiger partial charge in [0.15, 0.2) is 0 Å². The van der Waals surface area contributed by atoms with Crippen LogP contribution in [0.1, 0.15) is 19.8 Å². The van der Waals surface area contributed by atoms with Gasteiger partial charge < -0.3 is 5.11 Å². The van der Waals surface area contributed by atoms with Gasteiger partial charge in [-0.1, -0.05) is 15.9 Å². The molecule has 0 heterocycles. The van der Waals surface area contributed by atoms with Gasteiger partial charge in [-0.05, 0) is 25.7 Å². The molecule has 0 saturated heterocycles. The van der Waals surface area contributed by atoms with Crippen LogP contribution in [-0.2, 0) is 4.79 Å². The molecule has 0 aromatic rings. The van der Waals surface area contributed by atoms with Crippen LogP contribution in [0.25, 0.3) is 0 Å². The Balaban J connectivity index is 2.59. The Morgan fingerprint density at radius 3 is 2.33 bits per heavy atom. The monoisotopic (exact) mass is 192 g/mol. The van der Waals surface area contributed by atoms with Crippen molar-refractivity contribution >= 4 is 21.9 Å². The van der Waals surface area contributed by atoms with Crippen molar-refractivity contribution in [3.63, 3.8) is 0 Å². The normalized spacial score (nSPS) is 25.1. The van der Waals surface area contributed by atoms with Crippen LogP contribution in [0.4, 0.5) is 0 Å². The first-order chi connectivity index (χ1) is 4.05. The molecule has 0 spiro atoms. The molecule has 1 atom stereocenters. The van der Waals surface area contributed by atoms with Crippen molar-refractivity contribution in [2.45, 2.75) is 24.1 Å². The van der Waals surface area contributed by atoms with Gasteiger partial charge in [-0.3, -0.25) is 4.79 Å². The van der Waals surface area contributed by atoms with E-state index < -0.39 is 10.3 Å². The minimum absolute atomic E-state index is 0.356. The molecule has 1 fully saturated rings. The van der Waals surface area contributed by atoms with Gasteiger partial charge in [0.1, 0.15) is 4.32 Å². The topological polar surface area (TPSA) is 37.3 Å². The number of carboxylic acids is 1. The largest absolute Gasteiger partial charge is 0.480 e. The minimum atomic E-state index is -0.745. The number of alkyl halides is 1. The van der Waals surface area contributed by atoms with Crippen LogP contribution in [0, 0.1) is 5.92 Å². The van der Waals surface area contributed by atoms with Crippen LogP contribution >= 0.6 is 15.9 Å². The van der Waals surface area contributed by atoms with Gasteiger partial charge in [0.25, 0.3) is 0 Å². The molecule has 1 unspecified atom stereocenters. The number of aliphatic carboxylic acids is 1. The molecule has 0 aromatic carbocycles. The first-order valence-corrected chi connectivity index (χ1v) is 3.76. The Hall–Kier alpha value is -0.0500. The van der Waals surface area contributed by atoms with E-state index in [9.17, 15) is 4.79 Å². The van der Waals surface area contributed by atoms with Crippen LogP contribution in [0.2, 0.25) is 0 Å². The van der Waals surface area contributed by atoms with E-state index in [2.05, 4.69) is 15.9 Å². The lowest BCUT2D eigenvalue weighted by atomic mass is 10.1. The van der Waals surface area contributed by atoms with Crippen molar-refractivity contribution in [2.24, 2.45) is 5.92 Å². The van der Waals surface area contributed by atoms with Crippen molar-refractivity contribution in [2.75, 3.05) is 0 Å². The molecule has 0 aliphatic heterocycles. The summed E-state index contributed by atoms with van der Waals surface area (Å²) in [4.78, 5) is 10.5. The molecule has 0 aromatic heterocycles. The number of carboxylic acid groups (broad SMARTS) is 1. The number of rotatable bonds is 2. The maximum Gasteiger partial charge on any atom is 0.320 e. The van der Waals surface area contributed by atoms with E-state index in [1.54, 1.807) is 6.92 Å². The number of halogens is 1. The highest BCUT2D eigenvalue weighted by atomic mass is 79.9. The highest BCUT2D eigenvalue weighted by Crippen LogP contribution is 2.44. The third-order valence-electron chi connectivity index (χ3n) is 1.76. The summed E-state index contributed by atoms with van der Waals surface area (Å²) < 4.78 is -0.660. The molecule has 1 N–H and O–H groups in total. The highest BCUT2D eigenvalue weighted by Gasteiger charge is 2.45. The first kappa shape index (κ1) is 7.06. The number of hydrogen-bond acceptors (Lipinski definition) is 1. The van der Waals surface area contributed by atoms with E-state index in [1.807, 2.05) is 0 Å². The molecular weight excluding hydrogens is 184 g/mol. The fourth-order valence-electron chi connectivity index (χ4n) is 0.800. The van der Waals surface area contributed by atoms with Crippen LogP contribution < -0.4 is 0 Å². The summed E-state index contributed by atoms with van der Waals surface area (Å²) in [6.07, 6.45) is 2.10. The predicted molar refractivity (Wildman–Crippen MR) is 37.7 cm³/mol. The number of carbonyl (C=O) groups is 1. The van der Waals surface area contributed by atoms with Gasteiger partial charge in [-0.2, -0.15) is 0 Å². The summed E-state index contributed by atoms with van der Waals surface area (Å²) >= 11 is 3.17. The smallest absolute Gasteiger partial charge is 0.320 e. The predicted octanol–water partition coefficient (Wildman–Crippen LogP) is 1.63. The van der Waals surface area contributed by atoms with E-state index in [1.165, 1.54) is 0 Å². The van der Waals surface area contributed by atoms with Crippen LogP contribution in [0.3, 0.4) is 0 Å². The molecule has 0 radical (unpaired) electrons. The third-order valence-corrected chi connectivity index (χ3v) is 2.75. The zero-order valence-electron chi connectivity index (χ0n) is 5.22. The summed E-state index contributed by atoms with van der Waals surface area (Å²) in [5, 5.41) is 8.60. The van der Waals surface area contributed by atoms with Crippen molar-refractivity contribution in [3.05, 3.63) is 0 Å². The average molecular weight is 193 g/mol. The molecule has 1 rings (SSSR count). The lowest BCUT2D eigenvalue weighted by molar-refractivity contribution is -0.139. The Morgan fingerprint density at radius 2 is 2.22 bits per heavy atom. The van der Waals surface area contributed by atoms with Crippen LogP contribution in [0.15, 0.2) is 0 Å². The quantitative estimate of drug-likeness (QED) is 0.676. The van der Waals surface area contributed by atoms with Crippen LogP contribution in [0.5, 0.6) is 0 Å². The fraction of sp³-hybridized carbons (Fsp3) is 0.833. The zero-order valence-corrected chi connectivity index (χ0v) is 6.81. The van der Waals surface area contributed by atoms with Gasteiger partial charge in [0, 0.05) is 0 Å². The molecule has 52 valence electrons.